The smallest absolute Gasteiger partial charge is 0.251 e. The Morgan fingerprint density at radius 3 is 2.69 bits per heavy atom. The van der Waals surface area contributed by atoms with Gasteiger partial charge in [-0.15, -0.1) is 0 Å². The highest BCUT2D eigenvalue weighted by Gasteiger charge is 2.28. The largest absolute Gasteiger partial charge is 0.390 e. The monoisotopic (exact) mass is 492 g/mol. The molecule has 0 radical (unpaired) electrons. The third-order valence-electron chi connectivity index (χ3n) is 7.10. The van der Waals surface area contributed by atoms with Crippen molar-refractivity contribution in [2.45, 2.75) is 63.8 Å². The second-order valence-corrected chi connectivity index (χ2v) is 11.4. The van der Waals surface area contributed by atoms with Gasteiger partial charge in [-0.2, -0.15) is 0 Å². The number of nitrogens with one attached hydrogen (secondary N) is 2. The van der Waals surface area contributed by atoms with Gasteiger partial charge in [-0.3, -0.25) is 4.79 Å². The third-order valence-corrected chi connectivity index (χ3v) is 8.05. The molecule has 186 valence electrons. The van der Waals surface area contributed by atoms with Gasteiger partial charge in [0.2, 0.25) is 0 Å². The van der Waals surface area contributed by atoms with E-state index in [4.69, 9.17) is 0 Å². The summed E-state index contributed by atoms with van der Waals surface area (Å²) in [6, 6.07) is 14.2. The number of benzene rings is 2. The SMILES string of the molecule is CC(C)c1cn2c3c(cc(C(=O)N[C@@H](Cc4ccccc4)[C@H](O)CNC4CC4)cc13)N(C)SCC2. The van der Waals surface area contributed by atoms with E-state index in [1.165, 1.54) is 11.1 Å². The van der Waals surface area contributed by atoms with E-state index in [1.807, 2.05) is 42.5 Å². The summed E-state index contributed by atoms with van der Waals surface area (Å²) >= 11 is 1.78. The van der Waals surface area contributed by atoms with Crippen molar-refractivity contribution in [2.75, 3.05) is 23.7 Å². The summed E-state index contributed by atoms with van der Waals surface area (Å²) in [4.78, 5) is 13.6. The first-order chi connectivity index (χ1) is 16.9. The van der Waals surface area contributed by atoms with Gasteiger partial charge in [0, 0.05) is 49.1 Å². The molecule has 2 aromatic carbocycles. The van der Waals surface area contributed by atoms with E-state index in [0.717, 1.165) is 41.8 Å². The molecule has 6 nitrogen and oxygen atoms in total. The van der Waals surface area contributed by atoms with Crippen molar-refractivity contribution in [3.8, 4) is 0 Å². The second-order valence-electron chi connectivity index (χ2n) is 10.2. The number of amides is 1. The maximum absolute atomic E-state index is 13.6. The molecule has 0 bridgehead atoms. The van der Waals surface area contributed by atoms with Gasteiger partial charge in [0.1, 0.15) is 0 Å². The van der Waals surface area contributed by atoms with Gasteiger partial charge < -0.3 is 24.6 Å². The summed E-state index contributed by atoms with van der Waals surface area (Å²) < 4.78 is 4.52. The van der Waals surface area contributed by atoms with Gasteiger partial charge in [-0.05, 0) is 60.4 Å². The number of aliphatic hydroxyl groups is 1. The van der Waals surface area contributed by atoms with Gasteiger partial charge in [0.05, 0.1) is 23.3 Å². The molecule has 1 aromatic heterocycles. The van der Waals surface area contributed by atoms with Crippen LogP contribution in [0.1, 0.15) is 54.1 Å². The van der Waals surface area contributed by atoms with Crippen molar-refractivity contribution in [2.24, 2.45) is 0 Å². The zero-order chi connectivity index (χ0) is 24.5. The predicted molar refractivity (Wildman–Crippen MR) is 145 cm³/mol. The summed E-state index contributed by atoms with van der Waals surface area (Å²) in [5.41, 5.74) is 5.28. The van der Waals surface area contributed by atoms with Gasteiger partial charge >= 0.3 is 0 Å². The highest BCUT2D eigenvalue weighted by molar-refractivity contribution is 8.00. The number of carbonyl (C=O) groups excluding carboxylic acids is 1. The highest BCUT2D eigenvalue weighted by Crippen LogP contribution is 2.39. The van der Waals surface area contributed by atoms with Crippen molar-refractivity contribution < 1.29 is 9.90 Å². The molecule has 2 aliphatic rings. The van der Waals surface area contributed by atoms with Gasteiger partial charge in [0.25, 0.3) is 5.91 Å². The number of hydrogen-bond acceptors (Lipinski definition) is 5. The molecule has 0 saturated heterocycles. The maximum atomic E-state index is 13.6. The average Bonchev–Trinajstić information content (AvgIpc) is 3.63. The topological polar surface area (TPSA) is 69.5 Å². The molecule has 1 fully saturated rings. The summed E-state index contributed by atoms with van der Waals surface area (Å²) in [5, 5.41) is 18.8. The van der Waals surface area contributed by atoms with E-state index in [0.29, 0.717) is 30.5 Å². The van der Waals surface area contributed by atoms with Crippen LogP contribution in [0.4, 0.5) is 5.69 Å². The Labute approximate surface area is 212 Å². The van der Waals surface area contributed by atoms with Crippen molar-refractivity contribution in [1.82, 2.24) is 15.2 Å². The number of anilines is 1. The van der Waals surface area contributed by atoms with Crippen LogP contribution in [0.25, 0.3) is 10.9 Å². The minimum Gasteiger partial charge on any atom is -0.390 e. The lowest BCUT2D eigenvalue weighted by molar-refractivity contribution is 0.0830. The van der Waals surface area contributed by atoms with Crippen LogP contribution in [0.5, 0.6) is 0 Å². The van der Waals surface area contributed by atoms with Crippen LogP contribution in [0, 0.1) is 0 Å². The van der Waals surface area contributed by atoms with E-state index in [2.05, 4.69) is 46.6 Å². The molecule has 7 heteroatoms. The molecular formula is C28H36N4O2S. The minimum absolute atomic E-state index is 0.139. The molecule has 1 saturated carbocycles. The number of aromatic nitrogens is 1. The summed E-state index contributed by atoms with van der Waals surface area (Å²) in [6.45, 7) is 5.84. The van der Waals surface area contributed by atoms with E-state index in [-0.39, 0.29) is 11.9 Å². The maximum Gasteiger partial charge on any atom is 0.251 e. The van der Waals surface area contributed by atoms with Crippen molar-refractivity contribution >= 4 is 34.4 Å². The number of nitrogens with zero attached hydrogens (tertiary/aromatic N) is 2. The first-order valence-corrected chi connectivity index (χ1v) is 13.6. The fourth-order valence-corrected chi connectivity index (χ4v) is 5.75. The van der Waals surface area contributed by atoms with Crippen molar-refractivity contribution in [3.05, 3.63) is 65.4 Å². The second kappa shape index (κ2) is 10.2. The van der Waals surface area contributed by atoms with Crippen LogP contribution in [-0.2, 0) is 13.0 Å². The molecule has 2 heterocycles. The molecule has 2 atom stereocenters. The average molecular weight is 493 g/mol. The summed E-state index contributed by atoms with van der Waals surface area (Å²) in [6.07, 6.45) is 4.49. The summed E-state index contributed by atoms with van der Waals surface area (Å²) in [7, 11) is 2.07. The molecule has 5 rings (SSSR count). The highest BCUT2D eigenvalue weighted by atomic mass is 32.2. The van der Waals surface area contributed by atoms with Gasteiger partial charge in [-0.25, -0.2) is 0 Å². The Balaban J connectivity index is 1.45. The number of rotatable bonds is 9. The van der Waals surface area contributed by atoms with E-state index >= 15 is 0 Å². The Hall–Kier alpha value is -2.48. The first-order valence-electron chi connectivity index (χ1n) is 12.7. The number of carbonyl (C=O) groups is 1. The van der Waals surface area contributed by atoms with Gasteiger partial charge in [-0.1, -0.05) is 44.2 Å². The molecule has 1 aliphatic carbocycles. The predicted octanol–water partition coefficient (Wildman–Crippen LogP) is 4.32. The summed E-state index contributed by atoms with van der Waals surface area (Å²) in [5.74, 6) is 1.22. The van der Waals surface area contributed by atoms with E-state index < -0.39 is 6.10 Å². The lowest BCUT2D eigenvalue weighted by atomic mass is 9.98. The molecule has 0 unspecified atom stereocenters. The Bertz CT molecular complexity index is 1190. The lowest BCUT2D eigenvalue weighted by Gasteiger charge is -2.25. The van der Waals surface area contributed by atoms with E-state index in [9.17, 15) is 9.90 Å². The molecular weight excluding hydrogens is 456 g/mol. The lowest BCUT2D eigenvalue weighted by Crippen LogP contribution is -2.49. The van der Waals surface area contributed by atoms with Crippen LogP contribution in [0.2, 0.25) is 0 Å². The number of aliphatic hydroxyl groups excluding tert-OH is 1. The van der Waals surface area contributed by atoms with Crippen LogP contribution in [0.15, 0.2) is 48.7 Å². The van der Waals surface area contributed by atoms with Gasteiger partial charge in [0.15, 0.2) is 0 Å². The standard InChI is InChI=1S/C28H36N4O2S/c1-18(2)23-17-32-11-12-35-31(3)25-15-20(14-22(23)27(25)32)28(34)30-24(13-19-7-5-4-6-8-19)26(33)16-29-21-9-10-21/h4-8,14-15,17-18,21,24,26,29,33H,9-13,16H2,1-3H3,(H,30,34)/t24-,26+/m0/s1. The molecule has 3 N–H and O–H groups in total. The Morgan fingerprint density at radius 2 is 1.97 bits per heavy atom. The minimum atomic E-state index is -0.671. The fraction of sp³-hybridized carbons (Fsp3) is 0.464. The zero-order valence-electron chi connectivity index (χ0n) is 20.8. The first kappa shape index (κ1) is 24.2. The fourth-order valence-electron chi connectivity index (χ4n) is 4.92. The van der Waals surface area contributed by atoms with Crippen LogP contribution in [0.3, 0.4) is 0 Å². The quantitative estimate of drug-likeness (QED) is 0.388. The number of aryl methyl sites for hydroxylation is 1. The molecule has 1 amide bonds. The van der Waals surface area contributed by atoms with E-state index in [1.54, 1.807) is 11.9 Å². The Kier molecular flexibility index (Phi) is 7.09. The van der Waals surface area contributed by atoms with Crippen LogP contribution < -0.4 is 14.9 Å². The van der Waals surface area contributed by atoms with Crippen molar-refractivity contribution in [3.63, 3.8) is 0 Å². The Morgan fingerprint density at radius 1 is 1.20 bits per heavy atom. The molecule has 35 heavy (non-hydrogen) atoms. The van der Waals surface area contributed by atoms with Crippen LogP contribution in [-0.4, -0.2) is 53.1 Å². The molecule has 0 spiro atoms. The normalized spacial score (nSPS) is 17.5. The third kappa shape index (κ3) is 5.37. The molecule has 1 aliphatic heterocycles. The zero-order valence-corrected chi connectivity index (χ0v) is 21.6. The van der Waals surface area contributed by atoms with Crippen molar-refractivity contribution in [1.29, 1.82) is 0 Å². The molecule has 3 aromatic rings. The number of hydrogen-bond donors (Lipinski definition) is 3. The van der Waals surface area contributed by atoms with Crippen LogP contribution >= 0.6 is 11.9 Å².